The summed E-state index contributed by atoms with van der Waals surface area (Å²) in [7, 11) is 0. The first-order valence-corrected chi connectivity index (χ1v) is 8.16. The third-order valence-corrected chi connectivity index (χ3v) is 4.12. The lowest BCUT2D eigenvalue weighted by Gasteiger charge is -2.13. The molecule has 1 aromatic heterocycles. The molecule has 0 saturated heterocycles. The van der Waals surface area contributed by atoms with Crippen LogP contribution in [0.2, 0.25) is 0 Å². The third-order valence-electron chi connectivity index (χ3n) is 3.19. The Morgan fingerprint density at radius 3 is 3.00 bits per heavy atom. The molecule has 3 rings (SSSR count). The van der Waals surface area contributed by atoms with Gasteiger partial charge in [-0.05, 0) is 19.4 Å². The van der Waals surface area contributed by atoms with Crippen molar-refractivity contribution in [2.75, 3.05) is 11.1 Å². The predicted octanol–water partition coefficient (Wildman–Crippen LogP) is 3.58. The Balaban J connectivity index is 1.95. The molecule has 0 unspecified atom stereocenters. The number of unbranched alkanes of at least 4 members (excludes halogenated alkanes) is 1. The van der Waals surface area contributed by atoms with E-state index < -0.39 is 0 Å². The van der Waals surface area contributed by atoms with Gasteiger partial charge in [0.1, 0.15) is 0 Å². The molecule has 1 aliphatic heterocycles. The Morgan fingerprint density at radius 2 is 2.14 bits per heavy atom. The lowest BCUT2D eigenvalue weighted by atomic mass is 10.1. The van der Waals surface area contributed by atoms with Crippen LogP contribution in [0.3, 0.4) is 0 Å². The van der Waals surface area contributed by atoms with Gasteiger partial charge in [-0.1, -0.05) is 43.3 Å². The minimum absolute atomic E-state index is 0.155. The summed E-state index contributed by atoms with van der Waals surface area (Å²) in [5.41, 5.74) is 2.66. The van der Waals surface area contributed by atoms with E-state index in [1.165, 1.54) is 0 Å². The van der Waals surface area contributed by atoms with Gasteiger partial charge in [0.2, 0.25) is 11.0 Å². The molecule has 0 bridgehead atoms. The second-order valence-electron chi connectivity index (χ2n) is 4.90. The first kappa shape index (κ1) is 14.1. The molecule has 0 radical (unpaired) electrons. The summed E-state index contributed by atoms with van der Waals surface area (Å²) in [4.78, 5) is 4.52. The maximum atomic E-state index is 5.85. The maximum absolute atomic E-state index is 5.85. The smallest absolute Gasteiger partial charge is 0.247 e. The van der Waals surface area contributed by atoms with Crippen molar-refractivity contribution in [1.29, 1.82) is 0 Å². The van der Waals surface area contributed by atoms with E-state index in [1.807, 2.05) is 31.2 Å². The molecule has 0 saturated carbocycles. The molecule has 2 heterocycles. The zero-order chi connectivity index (χ0) is 14.7. The number of hydrogen-bond donors (Lipinski definition) is 1. The van der Waals surface area contributed by atoms with Gasteiger partial charge in [0.25, 0.3) is 0 Å². The molecular formula is C15H18N4OS. The zero-order valence-electron chi connectivity index (χ0n) is 12.2. The normalized spacial score (nSPS) is 16.2. The number of rotatable bonds is 4. The number of aromatic nitrogens is 3. The van der Waals surface area contributed by atoms with Crippen LogP contribution in [-0.4, -0.2) is 27.2 Å². The highest BCUT2D eigenvalue weighted by Gasteiger charge is 2.22. The SMILES string of the molecule is CCCCSc1nnc2c(n1)O[C@@H](C)Nc1ccccc1-2. The van der Waals surface area contributed by atoms with E-state index in [1.54, 1.807) is 11.8 Å². The van der Waals surface area contributed by atoms with Gasteiger partial charge in [0, 0.05) is 17.0 Å². The van der Waals surface area contributed by atoms with Gasteiger partial charge in [-0.15, -0.1) is 10.2 Å². The van der Waals surface area contributed by atoms with Crippen LogP contribution in [0, 0.1) is 0 Å². The summed E-state index contributed by atoms with van der Waals surface area (Å²) in [5.74, 6) is 1.55. The third kappa shape index (κ3) is 3.10. The number of hydrogen-bond acceptors (Lipinski definition) is 6. The molecule has 110 valence electrons. The van der Waals surface area contributed by atoms with Crippen molar-refractivity contribution in [3.63, 3.8) is 0 Å². The van der Waals surface area contributed by atoms with Crippen molar-refractivity contribution < 1.29 is 4.74 Å². The number of anilines is 1. The number of nitrogens with one attached hydrogen (secondary N) is 1. The summed E-state index contributed by atoms with van der Waals surface area (Å²) in [6.07, 6.45) is 2.15. The second-order valence-corrected chi connectivity index (χ2v) is 5.96. The van der Waals surface area contributed by atoms with Crippen molar-refractivity contribution >= 4 is 17.4 Å². The van der Waals surface area contributed by atoms with E-state index in [9.17, 15) is 0 Å². The quantitative estimate of drug-likeness (QED) is 0.688. The predicted molar refractivity (Wildman–Crippen MR) is 84.6 cm³/mol. The molecule has 1 aliphatic rings. The number of nitrogens with zero attached hydrogens (tertiary/aromatic N) is 3. The molecule has 0 aliphatic carbocycles. The topological polar surface area (TPSA) is 59.9 Å². The van der Waals surface area contributed by atoms with E-state index in [2.05, 4.69) is 27.4 Å². The number of para-hydroxylation sites is 1. The minimum atomic E-state index is -0.155. The molecule has 1 atom stereocenters. The number of ether oxygens (including phenoxy) is 1. The van der Waals surface area contributed by atoms with Gasteiger partial charge in [0.15, 0.2) is 11.9 Å². The average molecular weight is 302 g/mol. The maximum Gasteiger partial charge on any atom is 0.247 e. The number of fused-ring (bicyclic) bond motifs is 3. The van der Waals surface area contributed by atoms with Gasteiger partial charge >= 0.3 is 0 Å². The van der Waals surface area contributed by atoms with Crippen molar-refractivity contribution in [3.8, 4) is 17.1 Å². The summed E-state index contributed by atoms with van der Waals surface area (Å²) in [6.45, 7) is 4.13. The number of thioether (sulfide) groups is 1. The molecule has 5 nitrogen and oxygen atoms in total. The summed E-state index contributed by atoms with van der Waals surface area (Å²) < 4.78 is 5.85. The highest BCUT2D eigenvalue weighted by molar-refractivity contribution is 7.99. The lowest BCUT2D eigenvalue weighted by molar-refractivity contribution is 0.240. The van der Waals surface area contributed by atoms with Crippen molar-refractivity contribution in [2.45, 2.75) is 38.1 Å². The van der Waals surface area contributed by atoms with Crippen molar-refractivity contribution in [2.24, 2.45) is 0 Å². The first-order chi connectivity index (χ1) is 10.3. The Morgan fingerprint density at radius 1 is 1.29 bits per heavy atom. The van der Waals surface area contributed by atoms with Crippen LogP contribution >= 0.6 is 11.8 Å². The van der Waals surface area contributed by atoms with Gasteiger partial charge in [-0.3, -0.25) is 0 Å². The standard InChI is InChI=1S/C15H18N4OS/c1-3-4-9-21-15-17-14-13(18-19-15)11-7-5-6-8-12(11)16-10(2)20-14/h5-8,10,16H,3-4,9H2,1-2H3/t10-/m0/s1. The molecule has 2 aromatic rings. The van der Waals surface area contributed by atoms with Crippen LogP contribution in [0.25, 0.3) is 11.3 Å². The zero-order valence-corrected chi connectivity index (χ0v) is 13.0. The summed E-state index contributed by atoms with van der Waals surface area (Å²) in [6, 6.07) is 7.98. The van der Waals surface area contributed by atoms with E-state index in [0.29, 0.717) is 16.7 Å². The minimum Gasteiger partial charge on any atom is -0.452 e. The summed E-state index contributed by atoms with van der Waals surface area (Å²) in [5, 5.41) is 12.5. The fourth-order valence-electron chi connectivity index (χ4n) is 2.15. The van der Waals surface area contributed by atoms with Crippen LogP contribution in [0.1, 0.15) is 26.7 Å². The van der Waals surface area contributed by atoms with Crippen LogP contribution in [0.4, 0.5) is 5.69 Å². The monoisotopic (exact) mass is 302 g/mol. The molecule has 1 N–H and O–H groups in total. The molecule has 6 heteroatoms. The largest absolute Gasteiger partial charge is 0.452 e. The highest BCUT2D eigenvalue weighted by Crippen LogP contribution is 2.35. The molecular weight excluding hydrogens is 284 g/mol. The Bertz CT molecular complexity index is 635. The van der Waals surface area contributed by atoms with Crippen molar-refractivity contribution in [3.05, 3.63) is 24.3 Å². The highest BCUT2D eigenvalue weighted by atomic mass is 32.2. The molecule has 0 amide bonds. The van der Waals surface area contributed by atoms with Crippen LogP contribution in [0.15, 0.2) is 29.4 Å². The van der Waals surface area contributed by atoms with E-state index >= 15 is 0 Å². The molecule has 0 spiro atoms. The van der Waals surface area contributed by atoms with Gasteiger partial charge in [0.05, 0.1) is 0 Å². The van der Waals surface area contributed by atoms with Crippen LogP contribution < -0.4 is 10.1 Å². The van der Waals surface area contributed by atoms with Crippen LogP contribution in [-0.2, 0) is 0 Å². The van der Waals surface area contributed by atoms with Crippen molar-refractivity contribution in [1.82, 2.24) is 15.2 Å². The van der Waals surface area contributed by atoms with E-state index in [4.69, 9.17) is 4.74 Å². The Labute approximate surface area is 128 Å². The lowest BCUT2D eigenvalue weighted by Crippen LogP contribution is -2.21. The van der Waals surface area contributed by atoms with Gasteiger partial charge in [-0.2, -0.15) is 4.98 Å². The second kappa shape index (κ2) is 6.30. The average Bonchev–Trinajstić information content (AvgIpc) is 2.62. The Kier molecular flexibility index (Phi) is 4.24. The van der Waals surface area contributed by atoms with E-state index in [-0.39, 0.29) is 6.23 Å². The van der Waals surface area contributed by atoms with Gasteiger partial charge in [-0.25, -0.2) is 0 Å². The summed E-state index contributed by atoms with van der Waals surface area (Å²) >= 11 is 1.62. The number of benzene rings is 1. The molecule has 0 fully saturated rings. The first-order valence-electron chi connectivity index (χ1n) is 7.18. The Hall–Kier alpha value is -1.82. The fourth-order valence-corrected chi connectivity index (χ4v) is 3.01. The van der Waals surface area contributed by atoms with Gasteiger partial charge < -0.3 is 10.1 Å². The molecule has 21 heavy (non-hydrogen) atoms. The van der Waals surface area contributed by atoms with Crippen LogP contribution in [0.5, 0.6) is 5.88 Å². The fraction of sp³-hybridized carbons (Fsp3) is 0.400. The van der Waals surface area contributed by atoms with E-state index in [0.717, 1.165) is 29.8 Å². The molecule has 1 aromatic carbocycles.